The maximum Gasteiger partial charge on any atom is 0.255 e. The summed E-state index contributed by atoms with van der Waals surface area (Å²) in [5, 5.41) is 2.38. The highest BCUT2D eigenvalue weighted by molar-refractivity contribution is 6.05. The van der Waals surface area contributed by atoms with Gasteiger partial charge in [-0.1, -0.05) is 26.0 Å². The molecular weight excluding hydrogens is 404 g/mol. The molecule has 1 aromatic carbocycles. The smallest absolute Gasteiger partial charge is 0.255 e. The van der Waals surface area contributed by atoms with E-state index in [0.717, 1.165) is 36.6 Å². The highest BCUT2D eigenvalue weighted by Gasteiger charge is 2.40. The van der Waals surface area contributed by atoms with Gasteiger partial charge >= 0.3 is 0 Å². The van der Waals surface area contributed by atoms with E-state index in [1.165, 1.54) is 19.3 Å². The van der Waals surface area contributed by atoms with Crippen molar-refractivity contribution in [3.05, 3.63) is 34.9 Å². The lowest BCUT2D eigenvalue weighted by Crippen LogP contribution is -2.52. The molecule has 1 saturated carbocycles. The van der Waals surface area contributed by atoms with Crippen LogP contribution in [0.25, 0.3) is 0 Å². The Morgan fingerprint density at radius 1 is 1.12 bits per heavy atom. The van der Waals surface area contributed by atoms with Crippen molar-refractivity contribution in [2.24, 2.45) is 17.6 Å². The summed E-state index contributed by atoms with van der Waals surface area (Å²) < 4.78 is 0. The van der Waals surface area contributed by atoms with Crippen molar-refractivity contribution in [1.29, 1.82) is 0 Å². The molecule has 174 valence electrons. The van der Waals surface area contributed by atoms with Crippen molar-refractivity contribution in [3.63, 3.8) is 0 Å². The summed E-state index contributed by atoms with van der Waals surface area (Å²) >= 11 is 0. The predicted octanol–water partition coefficient (Wildman–Crippen LogP) is 2.42. The van der Waals surface area contributed by atoms with Gasteiger partial charge in [-0.3, -0.25) is 24.6 Å². The van der Waals surface area contributed by atoms with Gasteiger partial charge < -0.3 is 10.6 Å². The molecule has 2 aliphatic heterocycles. The van der Waals surface area contributed by atoms with E-state index >= 15 is 0 Å². The number of carbonyl (C=O) groups excluding carboxylic acids is 3. The maximum atomic E-state index is 13.1. The van der Waals surface area contributed by atoms with Crippen LogP contribution in [0.1, 0.15) is 73.9 Å². The summed E-state index contributed by atoms with van der Waals surface area (Å²) in [5.74, 6) is 0.745. The maximum absolute atomic E-state index is 13.1. The average Bonchev–Trinajstić information content (AvgIpc) is 3.10. The van der Waals surface area contributed by atoms with Crippen LogP contribution in [0, 0.1) is 11.8 Å². The van der Waals surface area contributed by atoms with Crippen LogP contribution in [0.3, 0.4) is 0 Å². The van der Waals surface area contributed by atoms with Gasteiger partial charge in [-0.25, -0.2) is 0 Å². The summed E-state index contributed by atoms with van der Waals surface area (Å²) in [6.45, 7) is 7.56. The van der Waals surface area contributed by atoms with Crippen LogP contribution in [0.15, 0.2) is 18.2 Å². The first-order chi connectivity index (χ1) is 15.4. The van der Waals surface area contributed by atoms with Crippen molar-refractivity contribution in [1.82, 2.24) is 15.1 Å². The quantitative estimate of drug-likeness (QED) is 0.635. The summed E-state index contributed by atoms with van der Waals surface area (Å²) in [5.41, 5.74) is 8.72. The second-order valence-corrected chi connectivity index (χ2v) is 9.88. The second kappa shape index (κ2) is 9.71. The van der Waals surface area contributed by atoms with Crippen molar-refractivity contribution in [2.75, 3.05) is 13.1 Å². The molecule has 1 saturated heterocycles. The fraction of sp³-hybridized carbons (Fsp3) is 0.640. The van der Waals surface area contributed by atoms with Crippen LogP contribution in [0.5, 0.6) is 0 Å². The molecule has 3 N–H and O–H groups in total. The van der Waals surface area contributed by atoms with Crippen molar-refractivity contribution < 1.29 is 14.4 Å². The monoisotopic (exact) mass is 440 g/mol. The number of nitrogens with zero attached hydrogens (tertiary/aromatic N) is 2. The molecule has 2 heterocycles. The minimum atomic E-state index is -0.575. The van der Waals surface area contributed by atoms with E-state index in [-0.39, 0.29) is 24.1 Å². The van der Waals surface area contributed by atoms with E-state index in [0.29, 0.717) is 37.0 Å². The molecule has 0 radical (unpaired) electrons. The molecule has 2 fully saturated rings. The Balaban J connectivity index is 1.54. The van der Waals surface area contributed by atoms with Crippen molar-refractivity contribution in [2.45, 2.75) is 77.5 Å². The third kappa shape index (κ3) is 4.59. The molecule has 1 aliphatic carbocycles. The van der Waals surface area contributed by atoms with E-state index < -0.39 is 6.04 Å². The van der Waals surface area contributed by atoms with Gasteiger partial charge in [0.15, 0.2) is 0 Å². The van der Waals surface area contributed by atoms with Gasteiger partial charge in [0, 0.05) is 31.1 Å². The number of piperidine rings is 1. The van der Waals surface area contributed by atoms with E-state index in [2.05, 4.69) is 30.1 Å². The number of nitrogens with two attached hydrogens (primary N) is 1. The lowest BCUT2D eigenvalue weighted by atomic mass is 9.78. The van der Waals surface area contributed by atoms with Crippen LogP contribution < -0.4 is 11.1 Å². The third-order valence-electron chi connectivity index (χ3n) is 7.79. The highest BCUT2D eigenvalue weighted by atomic mass is 16.2. The van der Waals surface area contributed by atoms with Gasteiger partial charge in [-0.05, 0) is 74.2 Å². The van der Waals surface area contributed by atoms with Crippen LogP contribution >= 0.6 is 0 Å². The Labute approximate surface area is 190 Å². The molecule has 7 nitrogen and oxygen atoms in total. The second-order valence-electron chi connectivity index (χ2n) is 9.88. The molecule has 4 unspecified atom stereocenters. The number of amides is 3. The summed E-state index contributed by atoms with van der Waals surface area (Å²) in [7, 11) is 0. The fourth-order valence-corrected chi connectivity index (χ4v) is 5.55. The van der Waals surface area contributed by atoms with Gasteiger partial charge in [-0.15, -0.1) is 0 Å². The average molecular weight is 441 g/mol. The lowest BCUT2D eigenvalue weighted by Gasteiger charge is -2.39. The van der Waals surface area contributed by atoms with Gasteiger partial charge in [-0.2, -0.15) is 0 Å². The largest absolute Gasteiger partial charge is 0.330 e. The Kier molecular flexibility index (Phi) is 6.96. The summed E-state index contributed by atoms with van der Waals surface area (Å²) in [6.07, 6.45) is 5.26. The number of fused-ring (bicyclic) bond motifs is 1. The molecule has 7 heteroatoms. The molecule has 32 heavy (non-hydrogen) atoms. The third-order valence-corrected chi connectivity index (χ3v) is 7.79. The zero-order chi connectivity index (χ0) is 22.8. The van der Waals surface area contributed by atoms with E-state index in [4.69, 9.17) is 5.73 Å². The van der Waals surface area contributed by atoms with Crippen LogP contribution in [0.4, 0.5) is 0 Å². The van der Waals surface area contributed by atoms with Crippen molar-refractivity contribution >= 4 is 17.7 Å². The summed E-state index contributed by atoms with van der Waals surface area (Å²) in [4.78, 5) is 41.3. The topological polar surface area (TPSA) is 95.7 Å². The van der Waals surface area contributed by atoms with Gasteiger partial charge in [0.1, 0.15) is 6.04 Å². The zero-order valence-corrected chi connectivity index (χ0v) is 19.3. The Hall–Kier alpha value is -2.25. The normalized spacial score (nSPS) is 28.2. The number of imide groups is 1. The number of nitrogens with one attached hydrogen (secondary N) is 1. The Bertz CT molecular complexity index is 886. The predicted molar refractivity (Wildman–Crippen MR) is 123 cm³/mol. The number of benzene rings is 1. The fourth-order valence-electron chi connectivity index (χ4n) is 5.55. The van der Waals surface area contributed by atoms with Crippen LogP contribution in [-0.2, 0) is 22.7 Å². The van der Waals surface area contributed by atoms with Crippen LogP contribution in [0.2, 0.25) is 0 Å². The molecule has 3 aliphatic rings. The number of hydrogen-bond donors (Lipinski definition) is 2. The summed E-state index contributed by atoms with van der Waals surface area (Å²) in [6, 6.07) is 5.89. The van der Waals surface area contributed by atoms with Gasteiger partial charge in [0.2, 0.25) is 11.8 Å². The molecule has 3 amide bonds. The van der Waals surface area contributed by atoms with Crippen LogP contribution in [-0.4, -0.2) is 52.7 Å². The molecule has 4 atom stereocenters. The highest BCUT2D eigenvalue weighted by Crippen LogP contribution is 2.35. The molecule has 0 bridgehead atoms. The van der Waals surface area contributed by atoms with Crippen molar-refractivity contribution in [3.8, 4) is 0 Å². The molecule has 4 rings (SSSR count). The first-order valence-corrected chi connectivity index (χ1v) is 12.1. The van der Waals surface area contributed by atoms with Gasteiger partial charge in [0.05, 0.1) is 0 Å². The molecule has 0 aromatic heterocycles. The minimum absolute atomic E-state index is 0.107. The first-order valence-electron chi connectivity index (χ1n) is 12.1. The number of rotatable bonds is 7. The van der Waals surface area contributed by atoms with E-state index in [9.17, 15) is 14.4 Å². The molecule has 1 aromatic rings. The lowest BCUT2D eigenvalue weighted by molar-refractivity contribution is -0.136. The van der Waals surface area contributed by atoms with E-state index in [1.54, 1.807) is 4.90 Å². The zero-order valence-electron chi connectivity index (χ0n) is 19.3. The molecular formula is C25H36N4O3. The minimum Gasteiger partial charge on any atom is -0.330 e. The number of carbonyl (C=O) groups is 3. The SMILES string of the molecule is CC1CCC(N(CCCN)Cc2cccc3c2CN(C2CCC(=O)NC2=O)C3=O)CC1C. The standard InChI is InChI=1S/C25H36N4O3/c1-16-7-8-19(13-17(16)2)28(12-4-11-26)14-18-5-3-6-20-21(18)15-29(25(20)32)22-9-10-23(30)27-24(22)31/h3,5-6,16-17,19,22H,4,7-15,26H2,1-2H3,(H,27,30,31). The van der Waals surface area contributed by atoms with E-state index in [1.807, 2.05) is 12.1 Å². The molecule has 0 spiro atoms. The Morgan fingerprint density at radius 3 is 2.66 bits per heavy atom. The first kappa shape index (κ1) is 22.9. The van der Waals surface area contributed by atoms with Gasteiger partial charge in [0.25, 0.3) is 5.91 Å². The Morgan fingerprint density at radius 2 is 1.94 bits per heavy atom. The number of hydrogen-bond acceptors (Lipinski definition) is 5.